The Hall–Kier alpha value is -2.36. The number of nitrogens with zero attached hydrogens (tertiary/aromatic N) is 2. The van der Waals surface area contributed by atoms with Crippen LogP contribution < -0.4 is 4.72 Å². The highest BCUT2D eigenvalue weighted by molar-refractivity contribution is 7.89. The molecule has 0 bridgehead atoms. The van der Waals surface area contributed by atoms with Gasteiger partial charge in [0.25, 0.3) is 5.89 Å². The molecular formula is C13H10ClN3O5S. The standard InChI is InChI=1S/C13H10ClN3O5S/c14-8-3-1-5-10(12(8)18)23(19,20)15-7-11-16-13(22-17-11)9-4-2-6-21-9/h1-6,15,18H,7H2. The van der Waals surface area contributed by atoms with E-state index in [0.717, 1.165) is 0 Å². The summed E-state index contributed by atoms with van der Waals surface area (Å²) in [5.74, 6) is 0.0986. The van der Waals surface area contributed by atoms with Crippen molar-refractivity contribution in [1.29, 1.82) is 0 Å². The highest BCUT2D eigenvalue weighted by atomic mass is 35.5. The van der Waals surface area contributed by atoms with E-state index in [0.29, 0.717) is 5.76 Å². The van der Waals surface area contributed by atoms with Crippen LogP contribution >= 0.6 is 11.6 Å². The van der Waals surface area contributed by atoms with Gasteiger partial charge in [-0.05, 0) is 24.3 Å². The number of hydrogen-bond donors (Lipinski definition) is 2. The van der Waals surface area contributed by atoms with E-state index in [1.165, 1.54) is 24.5 Å². The summed E-state index contributed by atoms with van der Waals surface area (Å²) in [6.45, 7) is -0.224. The number of phenols is 1. The molecule has 0 unspecified atom stereocenters. The molecule has 1 aromatic carbocycles. The molecule has 0 aliphatic heterocycles. The van der Waals surface area contributed by atoms with Crippen molar-refractivity contribution in [1.82, 2.24) is 14.9 Å². The highest BCUT2D eigenvalue weighted by Gasteiger charge is 2.21. The molecule has 0 saturated heterocycles. The second-order valence-electron chi connectivity index (χ2n) is 4.40. The van der Waals surface area contributed by atoms with Crippen LogP contribution in [0.5, 0.6) is 5.75 Å². The summed E-state index contributed by atoms with van der Waals surface area (Å²) in [6, 6.07) is 7.31. The van der Waals surface area contributed by atoms with E-state index in [1.807, 2.05) is 0 Å². The van der Waals surface area contributed by atoms with Crippen LogP contribution in [0.1, 0.15) is 5.82 Å². The number of furan rings is 1. The average molecular weight is 356 g/mol. The van der Waals surface area contributed by atoms with Gasteiger partial charge in [0, 0.05) is 0 Å². The minimum absolute atomic E-state index is 0.0625. The Morgan fingerprint density at radius 2 is 2.09 bits per heavy atom. The number of hydrogen-bond acceptors (Lipinski definition) is 7. The van der Waals surface area contributed by atoms with Crippen LogP contribution in [0.3, 0.4) is 0 Å². The zero-order valence-corrected chi connectivity index (χ0v) is 13.0. The van der Waals surface area contributed by atoms with Gasteiger partial charge in [-0.1, -0.05) is 22.8 Å². The lowest BCUT2D eigenvalue weighted by Gasteiger charge is -2.07. The lowest BCUT2D eigenvalue weighted by molar-refractivity contribution is 0.408. The van der Waals surface area contributed by atoms with Crippen molar-refractivity contribution in [3.8, 4) is 17.4 Å². The van der Waals surface area contributed by atoms with Crippen molar-refractivity contribution in [3.05, 3.63) is 47.4 Å². The summed E-state index contributed by atoms with van der Waals surface area (Å²) in [6.07, 6.45) is 1.45. The molecule has 3 aromatic rings. The van der Waals surface area contributed by atoms with Gasteiger partial charge >= 0.3 is 0 Å². The maximum absolute atomic E-state index is 12.2. The maximum atomic E-state index is 12.2. The Balaban J connectivity index is 1.76. The topological polar surface area (TPSA) is 118 Å². The number of aromatic hydroxyl groups is 1. The third-order valence-corrected chi connectivity index (χ3v) is 4.60. The van der Waals surface area contributed by atoms with Gasteiger partial charge in [-0.15, -0.1) is 0 Å². The number of rotatable bonds is 5. The van der Waals surface area contributed by atoms with Crippen molar-refractivity contribution in [2.45, 2.75) is 11.4 Å². The first kappa shape index (κ1) is 15.5. The summed E-state index contributed by atoms with van der Waals surface area (Å²) < 4.78 is 36.7. The van der Waals surface area contributed by atoms with Crippen LogP contribution in [0, 0.1) is 0 Å². The molecule has 0 aliphatic rings. The van der Waals surface area contributed by atoms with Crippen LogP contribution in [-0.4, -0.2) is 23.7 Å². The number of nitrogens with one attached hydrogen (secondary N) is 1. The summed E-state index contributed by atoms with van der Waals surface area (Å²) in [7, 11) is -3.99. The number of benzene rings is 1. The first-order chi connectivity index (χ1) is 11.0. The summed E-state index contributed by atoms with van der Waals surface area (Å²) in [5, 5.41) is 13.3. The van der Waals surface area contributed by atoms with Gasteiger partial charge in [-0.2, -0.15) is 4.98 Å². The fraction of sp³-hybridized carbons (Fsp3) is 0.0769. The fourth-order valence-corrected chi connectivity index (χ4v) is 3.10. The molecule has 8 nitrogen and oxygen atoms in total. The molecule has 2 heterocycles. The number of sulfonamides is 1. The van der Waals surface area contributed by atoms with Crippen molar-refractivity contribution in [3.63, 3.8) is 0 Å². The van der Waals surface area contributed by atoms with Crippen molar-refractivity contribution < 1.29 is 22.5 Å². The van der Waals surface area contributed by atoms with Crippen molar-refractivity contribution in [2.75, 3.05) is 0 Å². The smallest absolute Gasteiger partial charge is 0.293 e. The monoisotopic (exact) mass is 355 g/mol. The lowest BCUT2D eigenvalue weighted by Crippen LogP contribution is -2.24. The van der Waals surface area contributed by atoms with Gasteiger partial charge in [-0.3, -0.25) is 0 Å². The minimum atomic E-state index is -3.99. The second kappa shape index (κ2) is 6.03. The molecular weight excluding hydrogens is 346 g/mol. The van der Waals surface area contributed by atoms with Gasteiger partial charge in [0.1, 0.15) is 4.90 Å². The molecule has 0 amide bonds. The number of phenolic OH excluding ortho intramolecular Hbond substituents is 1. The first-order valence-corrected chi connectivity index (χ1v) is 8.17. The molecule has 0 fully saturated rings. The molecule has 2 aromatic heterocycles. The normalized spacial score (nSPS) is 11.7. The van der Waals surface area contributed by atoms with Gasteiger partial charge in [-0.25, -0.2) is 13.1 Å². The molecule has 0 aliphatic carbocycles. The third kappa shape index (κ3) is 3.21. The minimum Gasteiger partial charge on any atom is -0.505 e. The molecule has 0 atom stereocenters. The number of aromatic nitrogens is 2. The van der Waals surface area contributed by atoms with Crippen LogP contribution in [-0.2, 0) is 16.6 Å². The van der Waals surface area contributed by atoms with Crippen LogP contribution in [0.25, 0.3) is 11.7 Å². The fourth-order valence-electron chi connectivity index (χ4n) is 1.78. The Kier molecular flexibility index (Phi) is 4.07. The van der Waals surface area contributed by atoms with Crippen LogP contribution in [0.4, 0.5) is 0 Å². The second-order valence-corrected chi connectivity index (χ2v) is 6.55. The zero-order chi connectivity index (χ0) is 16.4. The number of para-hydroxylation sites is 1. The maximum Gasteiger partial charge on any atom is 0.293 e. The van der Waals surface area contributed by atoms with E-state index in [-0.39, 0.29) is 28.2 Å². The molecule has 0 spiro atoms. The van der Waals surface area contributed by atoms with E-state index in [4.69, 9.17) is 20.5 Å². The molecule has 0 radical (unpaired) electrons. The lowest BCUT2D eigenvalue weighted by atomic mass is 10.3. The van der Waals surface area contributed by atoms with Gasteiger partial charge in [0.2, 0.25) is 10.0 Å². The molecule has 0 saturated carbocycles. The van der Waals surface area contributed by atoms with E-state index < -0.39 is 15.8 Å². The molecule has 120 valence electrons. The highest BCUT2D eigenvalue weighted by Crippen LogP contribution is 2.30. The van der Waals surface area contributed by atoms with Crippen molar-refractivity contribution in [2.24, 2.45) is 0 Å². The molecule has 23 heavy (non-hydrogen) atoms. The number of halogens is 1. The van der Waals surface area contributed by atoms with Crippen LogP contribution in [0.15, 0.2) is 50.4 Å². The SMILES string of the molecule is O=S(=O)(NCc1noc(-c2ccco2)n1)c1cccc(Cl)c1O. The van der Waals surface area contributed by atoms with E-state index >= 15 is 0 Å². The molecule has 3 rings (SSSR count). The van der Waals surface area contributed by atoms with Gasteiger partial charge in [0.15, 0.2) is 17.3 Å². The Morgan fingerprint density at radius 3 is 2.83 bits per heavy atom. The predicted molar refractivity (Wildman–Crippen MR) is 79.1 cm³/mol. The summed E-state index contributed by atoms with van der Waals surface area (Å²) in [4.78, 5) is 3.67. The molecule has 2 N–H and O–H groups in total. The largest absolute Gasteiger partial charge is 0.505 e. The summed E-state index contributed by atoms with van der Waals surface area (Å²) in [5.41, 5.74) is 0. The third-order valence-electron chi connectivity index (χ3n) is 2.86. The Morgan fingerprint density at radius 1 is 1.26 bits per heavy atom. The quantitative estimate of drug-likeness (QED) is 0.719. The summed E-state index contributed by atoms with van der Waals surface area (Å²) >= 11 is 5.71. The van der Waals surface area contributed by atoms with Crippen molar-refractivity contribution >= 4 is 21.6 Å². The average Bonchev–Trinajstić information content (AvgIpc) is 3.18. The Bertz CT molecular complexity index is 921. The van der Waals surface area contributed by atoms with E-state index in [9.17, 15) is 13.5 Å². The van der Waals surface area contributed by atoms with Crippen LogP contribution in [0.2, 0.25) is 5.02 Å². The van der Waals surface area contributed by atoms with E-state index in [1.54, 1.807) is 12.1 Å². The predicted octanol–water partition coefficient (Wildman–Crippen LogP) is 2.17. The van der Waals surface area contributed by atoms with Gasteiger partial charge in [0.05, 0.1) is 17.8 Å². The van der Waals surface area contributed by atoms with E-state index in [2.05, 4.69) is 14.9 Å². The Labute approximate surface area is 135 Å². The zero-order valence-electron chi connectivity index (χ0n) is 11.4. The first-order valence-electron chi connectivity index (χ1n) is 6.31. The molecule has 10 heteroatoms. The van der Waals surface area contributed by atoms with Gasteiger partial charge < -0.3 is 14.0 Å².